The van der Waals surface area contributed by atoms with Gasteiger partial charge < -0.3 is 24.6 Å². The van der Waals surface area contributed by atoms with Gasteiger partial charge in [0.2, 0.25) is 0 Å². The first-order valence-electron chi connectivity index (χ1n) is 11.7. The first kappa shape index (κ1) is 27.7. The number of carbonyl (C=O) groups is 2. The number of carbonyl (C=O) groups excluding carboxylic acids is 1. The standard InChI is InChI=1S/C27H36N2O6/c1-6-7-23(19(2)3)28-22-9-11-24(21(16-22)17-29(4)12-13-34-18-30)35-26-14-20(15-27(31)32)8-10-25(26)33-5/h7-11,14,16,18-19,28H,6,12-13,15,17H2,1-5H3,(H,31,32)/b23-7-. The maximum atomic E-state index is 11.2. The fourth-order valence-electron chi connectivity index (χ4n) is 3.53. The maximum absolute atomic E-state index is 11.2. The van der Waals surface area contributed by atoms with E-state index >= 15 is 0 Å². The number of benzene rings is 2. The smallest absolute Gasteiger partial charge is 0.307 e. The maximum Gasteiger partial charge on any atom is 0.307 e. The van der Waals surface area contributed by atoms with E-state index in [1.54, 1.807) is 25.3 Å². The molecule has 2 rings (SSSR count). The number of nitrogens with one attached hydrogen (secondary N) is 1. The predicted octanol–water partition coefficient (Wildman–Crippen LogP) is 5.08. The van der Waals surface area contributed by atoms with E-state index in [0.717, 1.165) is 23.4 Å². The van der Waals surface area contributed by atoms with Gasteiger partial charge in [-0.2, -0.15) is 0 Å². The van der Waals surface area contributed by atoms with Gasteiger partial charge >= 0.3 is 5.97 Å². The molecule has 0 fully saturated rings. The number of aliphatic carboxylic acids is 1. The van der Waals surface area contributed by atoms with E-state index in [1.807, 2.05) is 30.1 Å². The SMILES string of the molecule is CC/C=C(\Nc1ccc(Oc2cc(CC(=O)O)ccc2OC)c(CN(C)CCOC=O)c1)C(C)C. The molecule has 2 N–H and O–H groups in total. The quantitative estimate of drug-likeness (QED) is 0.267. The Morgan fingerprint density at radius 3 is 2.51 bits per heavy atom. The van der Waals surface area contributed by atoms with Crippen molar-refractivity contribution in [1.29, 1.82) is 0 Å². The van der Waals surface area contributed by atoms with Gasteiger partial charge in [0.25, 0.3) is 6.47 Å². The molecule has 0 radical (unpaired) electrons. The minimum atomic E-state index is -0.919. The van der Waals surface area contributed by atoms with E-state index in [0.29, 0.717) is 48.3 Å². The van der Waals surface area contributed by atoms with Crippen molar-refractivity contribution < 1.29 is 28.9 Å². The number of anilines is 1. The number of carboxylic acids is 1. The Hall–Kier alpha value is -3.52. The van der Waals surface area contributed by atoms with Crippen LogP contribution in [0.5, 0.6) is 17.2 Å². The Labute approximate surface area is 207 Å². The summed E-state index contributed by atoms with van der Waals surface area (Å²) in [6.07, 6.45) is 2.99. The van der Waals surface area contributed by atoms with Crippen molar-refractivity contribution in [1.82, 2.24) is 4.90 Å². The lowest BCUT2D eigenvalue weighted by atomic mass is 10.1. The van der Waals surface area contributed by atoms with Gasteiger partial charge in [0.1, 0.15) is 12.4 Å². The molecule has 0 heterocycles. The van der Waals surface area contributed by atoms with Gasteiger partial charge in [0, 0.05) is 30.0 Å². The first-order chi connectivity index (χ1) is 16.8. The molecule has 0 atom stereocenters. The van der Waals surface area contributed by atoms with Crippen LogP contribution >= 0.6 is 0 Å². The second kappa shape index (κ2) is 14.0. The molecule has 0 bridgehead atoms. The summed E-state index contributed by atoms with van der Waals surface area (Å²) in [6, 6.07) is 11.0. The van der Waals surface area contributed by atoms with Crippen molar-refractivity contribution in [2.45, 2.75) is 40.2 Å². The second-order valence-electron chi connectivity index (χ2n) is 8.53. The molecular formula is C27H36N2O6. The molecule has 2 aromatic carbocycles. The van der Waals surface area contributed by atoms with Gasteiger partial charge in [0.15, 0.2) is 11.5 Å². The number of likely N-dealkylation sites (N-methyl/N-ethyl adjacent to an activating group) is 1. The molecule has 0 aliphatic carbocycles. The summed E-state index contributed by atoms with van der Waals surface area (Å²) in [6.45, 7) is 8.22. The van der Waals surface area contributed by atoms with E-state index in [2.05, 4.69) is 32.2 Å². The molecule has 35 heavy (non-hydrogen) atoms. The summed E-state index contributed by atoms with van der Waals surface area (Å²) in [4.78, 5) is 23.7. The van der Waals surface area contributed by atoms with Crippen LogP contribution in [0.4, 0.5) is 5.69 Å². The van der Waals surface area contributed by atoms with E-state index in [4.69, 9.17) is 19.3 Å². The van der Waals surface area contributed by atoms with E-state index in [-0.39, 0.29) is 13.0 Å². The minimum absolute atomic E-state index is 0.114. The van der Waals surface area contributed by atoms with Crippen molar-refractivity contribution in [2.24, 2.45) is 5.92 Å². The lowest BCUT2D eigenvalue weighted by molar-refractivity contribution is -0.136. The monoisotopic (exact) mass is 484 g/mol. The molecule has 190 valence electrons. The van der Waals surface area contributed by atoms with Gasteiger partial charge in [-0.25, -0.2) is 0 Å². The lowest BCUT2D eigenvalue weighted by Crippen LogP contribution is -2.23. The molecule has 0 saturated carbocycles. The largest absolute Gasteiger partial charge is 0.493 e. The molecule has 0 aliphatic heterocycles. The highest BCUT2D eigenvalue weighted by molar-refractivity contribution is 5.70. The minimum Gasteiger partial charge on any atom is -0.493 e. The normalized spacial score (nSPS) is 11.5. The number of ether oxygens (including phenoxy) is 3. The van der Waals surface area contributed by atoms with Crippen molar-refractivity contribution in [3.63, 3.8) is 0 Å². The summed E-state index contributed by atoms with van der Waals surface area (Å²) in [5.41, 5.74) is 3.60. The number of hydrogen-bond donors (Lipinski definition) is 2. The first-order valence-corrected chi connectivity index (χ1v) is 11.7. The molecule has 8 nitrogen and oxygen atoms in total. The number of allylic oxidation sites excluding steroid dienone is 2. The highest BCUT2D eigenvalue weighted by Gasteiger charge is 2.15. The van der Waals surface area contributed by atoms with Crippen LogP contribution in [-0.2, 0) is 27.3 Å². The van der Waals surface area contributed by atoms with Crippen LogP contribution in [0.1, 0.15) is 38.3 Å². The van der Waals surface area contributed by atoms with Crippen LogP contribution in [-0.4, -0.2) is 49.8 Å². The Kier molecular flexibility index (Phi) is 11.1. The molecule has 0 amide bonds. The van der Waals surface area contributed by atoms with Gasteiger partial charge in [0.05, 0.1) is 13.5 Å². The van der Waals surface area contributed by atoms with Crippen LogP contribution in [0.2, 0.25) is 0 Å². The van der Waals surface area contributed by atoms with Crippen LogP contribution < -0.4 is 14.8 Å². The van der Waals surface area contributed by atoms with E-state index < -0.39 is 5.97 Å². The molecule has 8 heteroatoms. The number of nitrogens with zero attached hydrogens (tertiary/aromatic N) is 1. The highest BCUT2D eigenvalue weighted by atomic mass is 16.5. The summed E-state index contributed by atoms with van der Waals surface area (Å²) < 4.78 is 16.5. The average Bonchev–Trinajstić information content (AvgIpc) is 2.80. The van der Waals surface area contributed by atoms with E-state index in [9.17, 15) is 9.59 Å². The Morgan fingerprint density at radius 2 is 1.89 bits per heavy atom. The number of rotatable bonds is 15. The summed E-state index contributed by atoms with van der Waals surface area (Å²) in [5.74, 6) is 0.994. The van der Waals surface area contributed by atoms with Gasteiger partial charge in [-0.05, 0) is 55.3 Å². The van der Waals surface area contributed by atoms with Gasteiger partial charge in [-0.3, -0.25) is 14.5 Å². The average molecular weight is 485 g/mol. The lowest BCUT2D eigenvalue weighted by Gasteiger charge is -2.21. The molecule has 0 aromatic heterocycles. The fourth-order valence-corrected chi connectivity index (χ4v) is 3.53. The van der Waals surface area contributed by atoms with Gasteiger partial charge in [-0.15, -0.1) is 0 Å². The number of methoxy groups -OCH3 is 1. The van der Waals surface area contributed by atoms with Crippen LogP contribution in [0.25, 0.3) is 0 Å². The third-order valence-electron chi connectivity index (χ3n) is 5.30. The second-order valence-corrected chi connectivity index (χ2v) is 8.53. The Morgan fingerprint density at radius 1 is 1.14 bits per heavy atom. The highest BCUT2D eigenvalue weighted by Crippen LogP contribution is 2.36. The third kappa shape index (κ3) is 8.98. The summed E-state index contributed by atoms with van der Waals surface area (Å²) >= 11 is 0. The summed E-state index contributed by atoms with van der Waals surface area (Å²) in [5, 5.41) is 12.7. The predicted molar refractivity (Wildman–Crippen MR) is 136 cm³/mol. The molecule has 0 aliphatic rings. The number of carboxylic acid groups (broad SMARTS) is 1. The zero-order valence-electron chi connectivity index (χ0n) is 21.2. The van der Waals surface area contributed by atoms with Crippen LogP contribution in [0.15, 0.2) is 48.2 Å². The van der Waals surface area contributed by atoms with Crippen LogP contribution in [0, 0.1) is 5.92 Å². The van der Waals surface area contributed by atoms with Crippen molar-refractivity contribution >= 4 is 18.1 Å². The van der Waals surface area contributed by atoms with Crippen LogP contribution in [0.3, 0.4) is 0 Å². The van der Waals surface area contributed by atoms with Crippen molar-refractivity contribution in [2.75, 3.05) is 32.6 Å². The summed E-state index contributed by atoms with van der Waals surface area (Å²) in [7, 11) is 3.48. The molecule has 0 spiro atoms. The third-order valence-corrected chi connectivity index (χ3v) is 5.30. The zero-order valence-corrected chi connectivity index (χ0v) is 21.2. The Balaban J connectivity index is 2.40. The number of hydrogen-bond acceptors (Lipinski definition) is 7. The molecule has 0 saturated heterocycles. The van der Waals surface area contributed by atoms with Gasteiger partial charge in [-0.1, -0.05) is 32.9 Å². The van der Waals surface area contributed by atoms with Crippen molar-refractivity contribution in [3.8, 4) is 17.2 Å². The molecular weight excluding hydrogens is 448 g/mol. The van der Waals surface area contributed by atoms with Crippen molar-refractivity contribution in [3.05, 3.63) is 59.3 Å². The van der Waals surface area contributed by atoms with E-state index in [1.165, 1.54) is 0 Å². The molecule has 2 aromatic rings. The topological polar surface area (TPSA) is 97.3 Å². The zero-order chi connectivity index (χ0) is 25.8. The Bertz CT molecular complexity index is 1020. The molecule has 0 unspecified atom stereocenters. The fraction of sp³-hybridized carbons (Fsp3) is 0.407.